The van der Waals surface area contributed by atoms with Crippen molar-refractivity contribution in [1.29, 1.82) is 0 Å². The molecule has 0 aromatic carbocycles. The molecule has 3 amide bonds. The highest BCUT2D eigenvalue weighted by Gasteiger charge is 2.22. The molecule has 0 aromatic heterocycles. The number of amides is 3. The predicted molar refractivity (Wildman–Crippen MR) is 70.1 cm³/mol. The zero-order chi connectivity index (χ0) is 13.4. The fourth-order valence-corrected chi connectivity index (χ4v) is 2.44. The number of nitrogens with one attached hydrogen (secondary N) is 2. The molecular formula is C12H24N4O2. The van der Waals surface area contributed by atoms with Gasteiger partial charge < -0.3 is 11.1 Å². The van der Waals surface area contributed by atoms with Gasteiger partial charge in [-0.05, 0) is 39.4 Å². The van der Waals surface area contributed by atoms with Gasteiger partial charge in [-0.3, -0.25) is 15.0 Å². The normalized spacial score (nSPS) is 20.6. The number of rotatable bonds is 6. The van der Waals surface area contributed by atoms with Crippen LogP contribution in [0.15, 0.2) is 0 Å². The number of piperidine rings is 1. The van der Waals surface area contributed by atoms with Gasteiger partial charge in [0.1, 0.15) is 0 Å². The minimum Gasteiger partial charge on any atom is -0.351 e. The first-order chi connectivity index (χ1) is 8.63. The number of nitrogens with zero attached hydrogens (tertiary/aromatic N) is 1. The van der Waals surface area contributed by atoms with E-state index in [1.54, 1.807) is 0 Å². The third kappa shape index (κ3) is 5.46. The second-order valence-electron chi connectivity index (χ2n) is 4.74. The molecule has 1 aliphatic heterocycles. The van der Waals surface area contributed by atoms with Crippen molar-refractivity contribution in [2.45, 2.75) is 38.1 Å². The molecule has 104 valence electrons. The number of imide groups is 1. The summed E-state index contributed by atoms with van der Waals surface area (Å²) in [6.07, 6.45) is 5.08. The van der Waals surface area contributed by atoms with E-state index in [1.807, 2.05) is 7.05 Å². The number of hydrogen-bond donors (Lipinski definition) is 3. The number of carbonyl (C=O) groups is 2. The summed E-state index contributed by atoms with van der Waals surface area (Å²) in [7, 11) is 1.95. The van der Waals surface area contributed by atoms with Gasteiger partial charge in [-0.2, -0.15) is 0 Å². The molecule has 0 bridgehead atoms. The predicted octanol–water partition coefficient (Wildman–Crippen LogP) is 0.0354. The third-order valence-electron chi connectivity index (χ3n) is 3.37. The lowest BCUT2D eigenvalue weighted by Gasteiger charge is -2.35. The number of hydrogen-bond acceptors (Lipinski definition) is 4. The summed E-state index contributed by atoms with van der Waals surface area (Å²) in [5.74, 6) is -0.291. The average molecular weight is 256 g/mol. The molecule has 4 N–H and O–H groups in total. The largest absolute Gasteiger partial charge is 0.351 e. The van der Waals surface area contributed by atoms with E-state index >= 15 is 0 Å². The first-order valence-corrected chi connectivity index (χ1v) is 6.61. The summed E-state index contributed by atoms with van der Waals surface area (Å²) in [5.41, 5.74) is 4.90. The van der Waals surface area contributed by atoms with Crippen LogP contribution in [-0.4, -0.2) is 49.6 Å². The Morgan fingerprint density at radius 3 is 2.83 bits per heavy atom. The summed E-state index contributed by atoms with van der Waals surface area (Å²) in [5, 5.41) is 5.26. The Hall–Kier alpha value is -1.14. The Kier molecular flexibility index (Phi) is 6.67. The van der Waals surface area contributed by atoms with E-state index in [1.165, 1.54) is 19.3 Å². The Balaban J connectivity index is 2.32. The van der Waals surface area contributed by atoms with Crippen molar-refractivity contribution < 1.29 is 9.59 Å². The zero-order valence-electron chi connectivity index (χ0n) is 11.1. The van der Waals surface area contributed by atoms with Crippen LogP contribution in [0.25, 0.3) is 0 Å². The monoisotopic (exact) mass is 256 g/mol. The van der Waals surface area contributed by atoms with Crippen molar-refractivity contribution >= 4 is 11.9 Å². The molecule has 6 nitrogen and oxygen atoms in total. The van der Waals surface area contributed by atoms with Crippen LogP contribution in [-0.2, 0) is 4.79 Å². The van der Waals surface area contributed by atoms with Crippen molar-refractivity contribution in [1.82, 2.24) is 15.5 Å². The Morgan fingerprint density at radius 2 is 2.17 bits per heavy atom. The van der Waals surface area contributed by atoms with Crippen molar-refractivity contribution in [2.75, 3.05) is 26.7 Å². The van der Waals surface area contributed by atoms with Gasteiger partial charge in [0.2, 0.25) is 5.91 Å². The molecule has 1 aliphatic rings. The second-order valence-corrected chi connectivity index (χ2v) is 4.74. The smallest absolute Gasteiger partial charge is 0.318 e. The standard InChI is InChI=1S/C12H24N4O2/c1-14-7-5-10-4-2-3-8-16(10)9-6-11(17)15-12(13)18/h10,14H,2-9H2,1H3,(H3,13,15,17,18). The zero-order valence-corrected chi connectivity index (χ0v) is 11.1. The van der Waals surface area contributed by atoms with Crippen LogP contribution in [0.3, 0.4) is 0 Å². The second kappa shape index (κ2) is 8.05. The Labute approximate surface area is 108 Å². The fourth-order valence-electron chi connectivity index (χ4n) is 2.44. The molecule has 0 aromatic rings. The Morgan fingerprint density at radius 1 is 1.39 bits per heavy atom. The van der Waals surface area contributed by atoms with Gasteiger partial charge in [-0.1, -0.05) is 6.42 Å². The van der Waals surface area contributed by atoms with Crippen LogP contribution < -0.4 is 16.4 Å². The SMILES string of the molecule is CNCCC1CCCCN1CCC(=O)NC(N)=O. The lowest BCUT2D eigenvalue weighted by molar-refractivity contribution is -0.120. The average Bonchev–Trinajstić information content (AvgIpc) is 2.34. The number of urea groups is 1. The van der Waals surface area contributed by atoms with Gasteiger partial charge in [0.25, 0.3) is 0 Å². The van der Waals surface area contributed by atoms with E-state index in [4.69, 9.17) is 5.73 Å². The number of likely N-dealkylation sites (tertiary alicyclic amines) is 1. The number of nitrogens with two attached hydrogens (primary N) is 1. The van der Waals surface area contributed by atoms with Crippen LogP contribution in [0.4, 0.5) is 4.79 Å². The first kappa shape index (κ1) is 14.9. The number of carbonyl (C=O) groups excluding carboxylic acids is 2. The maximum absolute atomic E-state index is 11.4. The van der Waals surface area contributed by atoms with Crippen molar-refractivity contribution in [3.8, 4) is 0 Å². The summed E-state index contributed by atoms with van der Waals surface area (Å²) < 4.78 is 0. The van der Waals surface area contributed by atoms with Crippen molar-refractivity contribution in [3.05, 3.63) is 0 Å². The van der Waals surface area contributed by atoms with Gasteiger partial charge in [-0.15, -0.1) is 0 Å². The maximum atomic E-state index is 11.4. The molecule has 0 spiro atoms. The van der Waals surface area contributed by atoms with E-state index in [0.717, 1.165) is 19.5 Å². The highest BCUT2D eigenvalue weighted by Crippen LogP contribution is 2.19. The molecule has 1 rings (SSSR count). The highest BCUT2D eigenvalue weighted by atomic mass is 16.2. The lowest BCUT2D eigenvalue weighted by Crippen LogP contribution is -2.43. The minimum atomic E-state index is -0.773. The number of primary amides is 1. The van der Waals surface area contributed by atoms with Gasteiger partial charge in [0, 0.05) is 19.0 Å². The molecule has 18 heavy (non-hydrogen) atoms. The minimum absolute atomic E-state index is 0.291. The van der Waals surface area contributed by atoms with Gasteiger partial charge >= 0.3 is 6.03 Å². The molecule has 1 unspecified atom stereocenters. The molecule has 0 radical (unpaired) electrons. The van der Waals surface area contributed by atoms with Crippen molar-refractivity contribution in [3.63, 3.8) is 0 Å². The summed E-state index contributed by atoms with van der Waals surface area (Å²) >= 11 is 0. The highest BCUT2D eigenvalue weighted by molar-refractivity contribution is 5.93. The van der Waals surface area contributed by atoms with E-state index in [0.29, 0.717) is 19.0 Å². The molecule has 1 fully saturated rings. The topological polar surface area (TPSA) is 87.5 Å². The first-order valence-electron chi connectivity index (χ1n) is 6.61. The maximum Gasteiger partial charge on any atom is 0.318 e. The summed E-state index contributed by atoms with van der Waals surface area (Å²) in [4.78, 5) is 24.2. The molecule has 1 atom stereocenters. The Bertz CT molecular complexity index is 283. The van der Waals surface area contributed by atoms with E-state index in [2.05, 4.69) is 15.5 Å². The van der Waals surface area contributed by atoms with Crippen LogP contribution in [0, 0.1) is 0 Å². The van der Waals surface area contributed by atoms with Crippen LogP contribution in [0.1, 0.15) is 32.1 Å². The molecule has 1 saturated heterocycles. The summed E-state index contributed by atoms with van der Waals surface area (Å²) in [6.45, 7) is 2.74. The molecule has 1 heterocycles. The van der Waals surface area contributed by atoms with Crippen LogP contribution >= 0.6 is 0 Å². The van der Waals surface area contributed by atoms with Gasteiger partial charge in [0.15, 0.2) is 0 Å². The van der Waals surface area contributed by atoms with E-state index in [9.17, 15) is 9.59 Å². The molecule has 0 saturated carbocycles. The summed E-state index contributed by atoms with van der Waals surface area (Å²) in [6, 6.07) is -0.224. The van der Waals surface area contributed by atoms with E-state index < -0.39 is 6.03 Å². The third-order valence-corrected chi connectivity index (χ3v) is 3.37. The lowest BCUT2D eigenvalue weighted by atomic mass is 9.99. The van der Waals surface area contributed by atoms with Crippen LogP contribution in [0.2, 0.25) is 0 Å². The van der Waals surface area contributed by atoms with Gasteiger partial charge in [0.05, 0.1) is 0 Å². The molecule has 0 aliphatic carbocycles. The fraction of sp³-hybridized carbons (Fsp3) is 0.833. The van der Waals surface area contributed by atoms with Crippen molar-refractivity contribution in [2.24, 2.45) is 5.73 Å². The van der Waals surface area contributed by atoms with Gasteiger partial charge in [-0.25, -0.2) is 4.79 Å². The van der Waals surface area contributed by atoms with E-state index in [-0.39, 0.29) is 5.91 Å². The molecule has 6 heteroatoms. The quantitative estimate of drug-likeness (QED) is 0.626. The molecular weight excluding hydrogens is 232 g/mol. The van der Waals surface area contributed by atoms with Crippen LogP contribution in [0.5, 0.6) is 0 Å².